The molecule has 0 bridgehead atoms. The van der Waals surface area contributed by atoms with Crippen LogP contribution in [0.3, 0.4) is 0 Å². The summed E-state index contributed by atoms with van der Waals surface area (Å²) in [5, 5.41) is 0. The van der Waals surface area contributed by atoms with Crippen LogP contribution in [-0.2, 0) is 19.1 Å². The summed E-state index contributed by atoms with van der Waals surface area (Å²) in [6.45, 7) is 13.5. The van der Waals surface area contributed by atoms with Crippen LogP contribution >= 0.6 is 0 Å². The van der Waals surface area contributed by atoms with Gasteiger partial charge in [-0.05, 0) is 47.0 Å². The molecule has 0 spiro atoms. The molecule has 2 atom stereocenters. The number of carbonyl (C=O) groups excluding carboxylic acids is 2. The summed E-state index contributed by atoms with van der Waals surface area (Å²) < 4.78 is 10.6. The molecule has 118 valence electrons. The van der Waals surface area contributed by atoms with E-state index in [0.29, 0.717) is 19.4 Å². The molecule has 0 fully saturated rings. The largest absolute Gasteiger partial charge is 0.466 e. The Morgan fingerprint density at radius 2 is 1.60 bits per heavy atom. The molecule has 0 aromatic heterocycles. The average Bonchev–Trinajstić information content (AvgIpc) is 2.38. The summed E-state index contributed by atoms with van der Waals surface area (Å²) >= 11 is 0. The minimum atomic E-state index is -0.654. The zero-order valence-corrected chi connectivity index (χ0v) is 14.0. The van der Waals surface area contributed by atoms with Crippen molar-refractivity contribution in [2.45, 2.75) is 73.3 Å². The fourth-order valence-corrected chi connectivity index (χ4v) is 1.86. The van der Waals surface area contributed by atoms with Crippen molar-refractivity contribution in [2.75, 3.05) is 6.61 Å². The second-order valence-electron chi connectivity index (χ2n) is 6.27. The highest BCUT2D eigenvalue weighted by molar-refractivity contribution is 5.78. The molecule has 0 amide bonds. The number of hydrogen-bond acceptors (Lipinski definition) is 4. The number of esters is 2. The maximum atomic E-state index is 12.4. The summed E-state index contributed by atoms with van der Waals surface area (Å²) in [5.74, 6) is -0.796. The Bertz CT molecular complexity index is 335. The molecule has 0 aromatic carbocycles. The van der Waals surface area contributed by atoms with Crippen LogP contribution in [0.15, 0.2) is 0 Å². The third-order valence-corrected chi connectivity index (χ3v) is 3.94. The Morgan fingerprint density at radius 1 is 1.05 bits per heavy atom. The number of carbonyl (C=O) groups is 2. The molecule has 0 aliphatic heterocycles. The van der Waals surface area contributed by atoms with Gasteiger partial charge in [0.1, 0.15) is 5.60 Å². The predicted octanol–water partition coefficient (Wildman–Crippen LogP) is 3.72. The van der Waals surface area contributed by atoms with Crippen molar-refractivity contribution < 1.29 is 19.1 Å². The van der Waals surface area contributed by atoms with Crippen molar-refractivity contribution in [1.82, 2.24) is 0 Å². The van der Waals surface area contributed by atoms with Gasteiger partial charge in [0.05, 0.1) is 17.9 Å². The zero-order chi connectivity index (χ0) is 16.0. The number of rotatable bonds is 8. The number of hydrogen-bond donors (Lipinski definition) is 0. The summed E-state index contributed by atoms with van der Waals surface area (Å²) in [6.07, 6.45) is 1.84. The quantitative estimate of drug-likeness (QED) is 0.638. The van der Waals surface area contributed by atoms with E-state index in [1.54, 1.807) is 13.8 Å². The first-order valence-corrected chi connectivity index (χ1v) is 7.52. The Morgan fingerprint density at radius 3 is 2.00 bits per heavy atom. The molecule has 0 saturated heterocycles. The predicted molar refractivity (Wildman–Crippen MR) is 79.3 cm³/mol. The highest BCUT2D eigenvalue weighted by Gasteiger charge is 2.39. The van der Waals surface area contributed by atoms with Gasteiger partial charge >= 0.3 is 11.9 Å². The van der Waals surface area contributed by atoms with Gasteiger partial charge in [0.2, 0.25) is 0 Å². The third-order valence-electron chi connectivity index (χ3n) is 3.94. The van der Waals surface area contributed by atoms with Crippen LogP contribution < -0.4 is 0 Å². The summed E-state index contributed by atoms with van der Waals surface area (Å²) in [5.41, 5.74) is -1.13. The standard InChI is InChI=1S/C16H30O4/c1-8-15(5,6)20-14(18)16(7,9-2)11-12(4)13(17)19-10-3/h12H,8-11H2,1-7H3. The van der Waals surface area contributed by atoms with Gasteiger partial charge in [0.15, 0.2) is 0 Å². The SMILES string of the molecule is CCOC(=O)C(C)CC(C)(CC)C(=O)OC(C)(C)CC. The fourth-order valence-electron chi connectivity index (χ4n) is 1.86. The first-order valence-electron chi connectivity index (χ1n) is 7.52. The van der Waals surface area contributed by atoms with Gasteiger partial charge in [-0.1, -0.05) is 20.8 Å². The lowest BCUT2D eigenvalue weighted by molar-refractivity contribution is -0.170. The Balaban J connectivity index is 4.84. The first kappa shape index (κ1) is 18.9. The van der Waals surface area contributed by atoms with E-state index in [2.05, 4.69) is 0 Å². The van der Waals surface area contributed by atoms with Crippen LogP contribution in [0.5, 0.6) is 0 Å². The highest BCUT2D eigenvalue weighted by Crippen LogP contribution is 2.34. The molecule has 0 rings (SSSR count). The van der Waals surface area contributed by atoms with E-state index >= 15 is 0 Å². The van der Waals surface area contributed by atoms with Crippen LogP contribution in [0.4, 0.5) is 0 Å². The zero-order valence-electron chi connectivity index (χ0n) is 14.0. The Labute approximate surface area is 123 Å². The van der Waals surface area contributed by atoms with E-state index < -0.39 is 11.0 Å². The lowest BCUT2D eigenvalue weighted by Gasteiger charge is -2.33. The van der Waals surface area contributed by atoms with Crippen LogP contribution in [0.25, 0.3) is 0 Å². The smallest absolute Gasteiger partial charge is 0.312 e. The summed E-state index contributed by atoms with van der Waals surface area (Å²) in [4.78, 5) is 24.1. The normalized spacial score (nSPS) is 16.1. The van der Waals surface area contributed by atoms with Crippen molar-refractivity contribution in [3.63, 3.8) is 0 Å². The summed E-state index contributed by atoms with van der Waals surface area (Å²) in [7, 11) is 0. The maximum Gasteiger partial charge on any atom is 0.312 e. The molecule has 0 aromatic rings. The van der Waals surface area contributed by atoms with E-state index in [-0.39, 0.29) is 17.9 Å². The molecule has 4 heteroatoms. The molecule has 0 aliphatic rings. The van der Waals surface area contributed by atoms with Crippen LogP contribution in [-0.4, -0.2) is 24.1 Å². The minimum Gasteiger partial charge on any atom is -0.466 e. The molecule has 20 heavy (non-hydrogen) atoms. The number of ether oxygens (including phenoxy) is 2. The highest BCUT2D eigenvalue weighted by atomic mass is 16.6. The minimum absolute atomic E-state index is 0.233. The molecule has 0 aliphatic carbocycles. The monoisotopic (exact) mass is 286 g/mol. The van der Waals surface area contributed by atoms with E-state index in [1.807, 2.05) is 34.6 Å². The lowest BCUT2D eigenvalue weighted by atomic mass is 9.79. The molecule has 4 nitrogen and oxygen atoms in total. The molecule has 0 heterocycles. The second kappa shape index (κ2) is 7.65. The molecular formula is C16H30O4. The summed E-state index contributed by atoms with van der Waals surface area (Å²) in [6, 6.07) is 0. The van der Waals surface area contributed by atoms with E-state index in [1.165, 1.54) is 0 Å². The van der Waals surface area contributed by atoms with Gasteiger partial charge in [0, 0.05) is 0 Å². The third kappa shape index (κ3) is 5.51. The maximum absolute atomic E-state index is 12.4. The van der Waals surface area contributed by atoms with Crippen molar-refractivity contribution in [3.8, 4) is 0 Å². The van der Waals surface area contributed by atoms with E-state index in [9.17, 15) is 9.59 Å². The lowest BCUT2D eigenvalue weighted by Crippen LogP contribution is -2.38. The van der Waals surface area contributed by atoms with Crippen molar-refractivity contribution in [3.05, 3.63) is 0 Å². The van der Waals surface area contributed by atoms with Crippen LogP contribution in [0, 0.1) is 11.3 Å². The van der Waals surface area contributed by atoms with Gasteiger partial charge in [-0.3, -0.25) is 9.59 Å². The van der Waals surface area contributed by atoms with Gasteiger partial charge < -0.3 is 9.47 Å². The van der Waals surface area contributed by atoms with Gasteiger partial charge in [-0.25, -0.2) is 0 Å². The average molecular weight is 286 g/mol. The van der Waals surface area contributed by atoms with Crippen LogP contribution in [0.2, 0.25) is 0 Å². The molecule has 2 unspecified atom stereocenters. The van der Waals surface area contributed by atoms with Gasteiger partial charge in [0.25, 0.3) is 0 Å². The molecule has 0 radical (unpaired) electrons. The van der Waals surface area contributed by atoms with E-state index in [0.717, 1.165) is 6.42 Å². The van der Waals surface area contributed by atoms with Crippen molar-refractivity contribution in [2.24, 2.45) is 11.3 Å². The Hall–Kier alpha value is -1.06. The van der Waals surface area contributed by atoms with Crippen molar-refractivity contribution in [1.29, 1.82) is 0 Å². The molecule has 0 N–H and O–H groups in total. The topological polar surface area (TPSA) is 52.6 Å². The second-order valence-corrected chi connectivity index (χ2v) is 6.27. The fraction of sp³-hybridized carbons (Fsp3) is 0.875. The van der Waals surface area contributed by atoms with Gasteiger partial charge in [-0.15, -0.1) is 0 Å². The molecular weight excluding hydrogens is 256 g/mol. The Kier molecular flexibility index (Phi) is 7.25. The van der Waals surface area contributed by atoms with E-state index in [4.69, 9.17) is 9.47 Å². The van der Waals surface area contributed by atoms with Gasteiger partial charge in [-0.2, -0.15) is 0 Å². The molecule has 0 saturated carbocycles. The van der Waals surface area contributed by atoms with Crippen molar-refractivity contribution >= 4 is 11.9 Å². The first-order chi connectivity index (χ1) is 9.11. The van der Waals surface area contributed by atoms with Crippen LogP contribution in [0.1, 0.15) is 67.7 Å².